The second-order valence-electron chi connectivity index (χ2n) is 4.41. The normalized spacial score (nSPS) is 12.1. The van der Waals surface area contributed by atoms with E-state index in [1.807, 2.05) is 32.0 Å². The van der Waals surface area contributed by atoms with Gasteiger partial charge in [-0.15, -0.1) is 0 Å². The fourth-order valence-electron chi connectivity index (χ4n) is 1.90. The fourth-order valence-corrected chi connectivity index (χ4v) is 1.90. The van der Waals surface area contributed by atoms with Crippen molar-refractivity contribution in [2.45, 2.75) is 20.3 Å². The summed E-state index contributed by atoms with van der Waals surface area (Å²) in [6, 6.07) is 5.78. The van der Waals surface area contributed by atoms with Gasteiger partial charge in [0.1, 0.15) is 5.75 Å². The standard InChI is InChI=1S/C14H22N2O2/c1-5-11(9-15)14(17)16(3)12-8-10(2)6-7-13(12)18-4/h6-8,11H,5,9,15H2,1-4H3. The smallest absolute Gasteiger partial charge is 0.231 e. The summed E-state index contributed by atoms with van der Waals surface area (Å²) in [6.45, 7) is 4.33. The number of carbonyl (C=O) groups is 1. The Bertz CT molecular complexity index is 414. The number of hydrogen-bond donors (Lipinski definition) is 1. The average Bonchev–Trinajstić information content (AvgIpc) is 2.39. The first-order valence-corrected chi connectivity index (χ1v) is 6.17. The van der Waals surface area contributed by atoms with Crippen molar-refractivity contribution in [1.82, 2.24) is 0 Å². The molecule has 0 fully saturated rings. The Morgan fingerprint density at radius 1 is 1.50 bits per heavy atom. The van der Waals surface area contributed by atoms with Crippen LogP contribution in [-0.4, -0.2) is 26.6 Å². The summed E-state index contributed by atoms with van der Waals surface area (Å²) in [5.41, 5.74) is 7.50. The molecule has 0 spiro atoms. The molecule has 2 N–H and O–H groups in total. The molecule has 1 unspecified atom stereocenters. The van der Waals surface area contributed by atoms with Gasteiger partial charge in [0.2, 0.25) is 5.91 Å². The van der Waals surface area contributed by atoms with Gasteiger partial charge < -0.3 is 15.4 Å². The van der Waals surface area contributed by atoms with Crippen LogP contribution in [-0.2, 0) is 4.79 Å². The molecule has 100 valence electrons. The molecule has 4 heteroatoms. The second kappa shape index (κ2) is 6.40. The zero-order valence-corrected chi connectivity index (χ0v) is 11.6. The van der Waals surface area contributed by atoms with E-state index in [0.717, 1.165) is 17.7 Å². The van der Waals surface area contributed by atoms with Crippen molar-refractivity contribution < 1.29 is 9.53 Å². The first-order chi connectivity index (χ1) is 8.54. The van der Waals surface area contributed by atoms with Crippen molar-refractivity contribution in [1.29, 1.82) is 0 Å². The van der Waals surface area contributed by atoms with Crippen LogP contribution in [0.4, 0.5) is 5.69 Å². The van der Waals surface area contributed by atoms with Gasteiger partial charge in [-0.1, -0.05) is 13.0 Å². The predicted molar refractivity (Wildman–Crippen MR) is 74.0 cm³/mol. The maximum atomic E-state index is 12.3. The van der Waals surface area contributed by atoms with Crippen LogP contribution >= 0.6 is 0 Å². The number of methoxy groups -OCH3 is 1. The summed E-state index contributed by atoms with van der Waals surface area (Å²) >= 11 is 0. The molecule has 18 heavy (non-hydrogen) atoms. The fraction of sp³-hybridized carbons (Fsp3) is 0.500. The molecule has 0 aromatic heterocycles. The van der Waals surface area contributed by atoms with E-state index in [0.29, 0.717) is 12.3 Å². The quantitative estimate of drug-likeness (QED) is 0.869. The molecule has 0 aliphatic heterocycles. The van der Waals surface area contributed by atoms with E-state index < -0.39 is 0 Å². The Morgan fingerprint density at radius 3 is 2.67 bits per heavy atom. The van der Waals surface area contributed by atoms with Crippen LogP contribution in [0.3, 0.4) is 0 Å². The Kier molecular flexibility index (Phi) is 5.16. The first-order valence-electron chi connectivity index (χ1n) is 6.17. The lowest BCUT2D eigenvalue weighted by molar-refractivity contribution is -0.121. The number of rotatable bonds is 5. The van der Waals surface area contributed by atoms with Crippen molar-refractivity contribution in [3.63, 3.8) is 0 Å². The minimum absolute atomic E-state index is 0.0314. The molecule has 0 radical (unpaired) electrons. The van der Waals surface area contributed by atoms with Gasteiger partial charge in [0.15, 0.2) is 0 Å². The Labute approximate surface area is 109 Å². The summed E-state index contributed by atoms with van der Waals surface area (Å²) in [7, 11) is 3.37. The van der Waals surface area contributed by atoms with Crippen molar-refractivity contribution in [2.75, 3.05) is 25.6 Å². The topological polar surface area (TPSA) is 55.6 Å². The van der Waals surface area contributed by atoms with Gasteiger partial charge in [-0.3, -0.25) is 4.79 Å². The lowest BCUT2D eigenvalue weighted by Gasteiger charge is -2.24. The molecule has 1 aromatic carbocycles. The number of carbonyl (C=O) groups excluding carboxylic acids is 1. The van der Waals surface area contributed by atoms with Gasteiger partial charge in [-0.05, 0) is 31.0 Å². The van der Waals surface area contributed by atoms with E-state index in [2.05, 4.69) is 0 Å². The van der Waals surface area contributed by atoms with Gasteiger partial charge in [0, 0.05) is 13.6 Å². The van der Waals surface area contributed by atoms with Gasteiger partial charge >= 0.3 is 0 Å². The van der Waals surface area contributed by atoms with Crippen LogP contribution in [0.15, 0.2) is 18.2 Å². The highest BCUT2D eigenvalue weighted by molar-refractivity contribution is 5.96. The zero-order chi connectivity index (χ0) is 13.7. The number of nitrogens with zero attached hydrogens (tertiary/aromatic N) is 1. The summed E-state index contributed by atoms with van der Waals surface area (Å²) in [6.07, 6.45) is 0.744. The van der Waals surface area contributed by atoms with Crippen LogP contribution in [0.1, 0.15) is 18.9 Å². The van der Waals surface area contributed by atoms with E-state index >= 15 is 0 Å². The minimum Gasteiger partial charge on any atom is -0.495 e. The molecular weight excluding hydrogens is 228 g/mol. The average molecular weight is 250 g/mol. The zero-order valence-electron chi connectivity index (χ0n) is 11.6. The molecule has 1 aromatic rings. The number of anilines is 1. The highest BCUT2D eigenvalue weighted by atomic mass is 16.5. The van der Waals surface area contributed by atoms with Crippen molar-refractivity contribution >= 4 is 11.6 Å². The van der Waals surface area contributed by atoms with Gasteiger partial charge in [0.25, 0.3) is 0 Å². The highest BCUT2D eigenvalue weighted by Crippen LogP contribution is 2.29. The van der Waals surface area contributed by atoms with Crippen LogP contribution in [0.2, 0.25) is 0 Å². The molecular formula is C14H22N2O2. The van der Waals surface area contributed by atoms with Crippen molar-refractivity contribution in [3.8, 4) is 5.75 Å². The minimum atomic E-state index is -0.139. The Hall–Kier alpha value is -1.55. The summed E-state index contributed by atoms with van der Waals surface area (Å²) in [5.74, 6) is 0.590. The molecule has 1 rings (SSSR count). The third kappa shape index (κ3) is 3.01. The van der Waals surface area contributed by atoms with Crippen molar-refractivity contribution in [2.24, 2.45) is 11.7 Å². The second-order valence-corrected chi connectivity index (χ2v) is 4.41. The third-order valence-electron chi connectivity index (χ3n) is 3.15. The molecule has 4 nitrogen and oxygen atoms in total. The van der Waals surface area contributed by atoms with Crippen molar-refractivity contribution in [3.05, 3.63) is 23.8 Å². The monoisotopic (exact) mass is 250 g/mol. The first kappa shape index (κ1) is 14.5. The molecule has 0 bridgehead atoms. The summed E-state index contributed by atoms with van der Waals surface area (Å²) in [5, 5.41) is 0. The summed E-state index contributed by atoms with van der Waals surface area (Å²) in [4.78, 5) is 13.9. The molecule has 1 amide bonds. The van der Waals surface area contributed by atoms with E-state index in [4.69, 9.17) is 10.5 Å². The number of benzene rings is 1. The Balaban J connectivity index is 3.05. The van der Waals surface area contributed by atoms with E-state index in [1.54, 1.807) is 19.1 Å². The number of ether oxygens (including phenoxy) is 1. The largest absolute Gasteiger partial charge is 0.495 e. The lowest BCUT2D eigenvalue weighted by Crippen LogP contribution is -2.36. The lowest BCUT2D eigenvalue weighted by atomic mass is 10.0. The number of amides is 1. The number of nitrogens with two attached hydrogens (primary N) is 1. The van der Waals surface area contributed by atoms with Crippen LogP contribution in [0.25, 0.3) is 0 Å². The van der Waals surface area contributed by atoms with E-state index in [9.17, 15) is 4.79 Å². The molecule has 0 saturated heterocycles. The molecule has 0 aliphatic carbocycles. The van der Waals surface area contributed by atoms with E-state index in [1.165, 1.54) is 0 Å². The maximum absolute atomic E-state index is 12.3. The van der Waals surface area contributed by atoms with Gasteiger partial charge in [-0.25, -0.2) is 0 Å². The molecule has 1 atom stereocenters. The van der Waals surface area contributed by atoms with Crippen LogP contribution in [0, 0.1) is 12.8 Å². The molecule has 0 saturated carbocycles. The third-order valence-corrected chi connectivity index (χ3v) is 3.15. The van der Waals surface area contributed by atoms with E-state index in [-0.39, 0.29) is 11.8 Å². The van der Waals surface area contributed by atoms with Crippen LogP contribution in [0.5, 0.6) is 5.75 Å². The van der Waals surface area contributed by atoms with Gasteiger partial charge in [-0.2, -0.15) is 0 Å². The number of aryl methyl sites for hydroxylation is 1. The SMILES string of the molecule is CCC(CN)C(=O)N(C)c1cc(C)ccc1OC. The highest BCUT2D eigenvalue weighted by Gasteiger charge is 2.22. The summed E-state index contributed by atoms with van der Waals surface area (Å²) < 4.78 is 5.29. The maximum Gasteiger partial charge on any atom is 0.231 e. The van der Waals surface area contributed by atoms with Gasteiger partial charge in [0.05, 0.1) is 18.7 Å². The molecule has 0 aliphatic rings. The molecule has 0 heterocycles. The van der Waals surface area contributed by atoms with Crippen LogP contribution < -0.4 is 15.4 Å². The number of hydrogen-bond acceptors (Lipinski definition) is 3. The Morgan fingerprint density at radius 2 is 2.17 bits per heavy atom. The predicted octanol–water partition coefficient (Wildman–Crippen LogP) is 1.95.